The van der Waals surface area contributed by atoms with Crippen LogP contribution in [0.15, 0.2) is 111 Å². The van der Waals surface area contributed by atoms with Gasteiger partial charge in [0.1, 0.15) is 17.9 Å². The third-order valence-corrected chi connectivity index (χ3v) is 5.51. The fraction of sp³-hybridized carbons (Fsp3) is 0.0345. The maximum absolute atomic E-state index is 12.4. The van der Waals surface area contributed by atoms with E-state index in [1.807, 2.05) is 84.9 Å². The summed E-state index contributed by atoms with van der Waals surface area (Å²) >= 11 is 0. The number of hydrogen-bond donors (Lipinski definition) is 2. The number of nitrogen functional groups attached to an aromatic ring is 2. The molecule has 0 saturated carbocycles. The minimum atomic E-state index is -0.360. The van der Waals surface area contributed by atoms with Gasteiger partial charge in [-0.3, -0.25) is 4.99 Å². The smallest absolute Gasteiger partial charge is 0.344 e. The van der Waals surface area contributed by atoms with Crippen molar-refractivity contribution in [2.24, 2.45) is 4.99 Å². The number of anilines is 2. The van der Waals surface area contributed by atoms with Crippen LogP contribution in [-0.2, 0) is 6.61 Å². The lowest BCUT2D eigenvalue weighted by molar-refractivity contribution is 0.306. The first-order valence-corrected chi connectivity index (χ1v) is 11.1. The van der Waals surface area contributed by atoms with Gasteiger partial charge in [0.25, 0.3) is 0 Å². The topological polar surface area (TPSA) is 104 Å². The van der Waals surface area contributed by atoms with Gasteiger partial charge in [0.15, 0.2) is 0 Å². The van der Waals surface area contributed by atoms with Crippen LogP contribution in [0.25, 0.3) is 22.1 Å². The molecule has 5 aromatic rings. The highest BCUT2D eigenvalue weighted by Crippen LogP contribution is 2.24. The molecular formula is C29H23N3O3. The summed E-state index contributed by atoms with van der Waals surface area (Å²) in [6.07, 6.45) is 1.78. The van der Waals surface area contributed by atoms with E-state index in [1.165, 1.54) is 0 Å². The Hall–Kier alpha value is -4.84. The molecule has 4 aromatic carbocycles. The molecule has 6 nitrogen and oxygen atoms in total. The molecule has 0 aliphatic rings. The standard InChI is InChI=1S/C29H23N3O3/c30-23-13-20(14-24(31)16-23)18-34-26-11-5-19(6-12-26)17-32-25-9-7-21(8-10-25)27-15-22-3-1-2-4-28(22)35-29(27)33/h1-17H,18,30-31H2. The Labute approximate surface area is 202 Å². The van der Waals surface area contributed by atoms with Gasteiger partial charge in [-0.05, 0) is 83.4 Å². The maximum atomic E-state index is 12.4. The Morgan fingerprint density at radius 2 is 1.54 bits per heavy atom. The zero-order valence-corrected chi connectivity index (χ0v) is 18.8. The highest BCUT2D eigenvalue weighted by molar-refractivity contribution is 5.83. The van der Waals surface area contributed by atoms with Gasteiger partial charge in [-0.25, -0.2) is 4.79 Å². The molecule has 0 atom stereocenters. The van der Waals surface area contributed by atoms with Gasteiger partial charge in [-0.15, -0.1) is 0 Å². The van der Waals surface area contributed by atoms with Crippen molar-refractivity contribution in [1.29, 1.82) is 0 Å². The summed E-state index contributed by atoms with van der Waals surface area (Å²) in [6, 6.07) is 29.8. The summed E-state index contributed by atoms with van der Waals surface area (Å²) in [5.41, 5.74) is 17.0. The molecule has 0 unspecified atom stereocenters. The van der Waals surface area contributed by atoms with Gasteiger partial charge in [-0.2, -0.15) is 0 Å². The number of nitrogens with zero attached hydrogens (tertiary/aromatic N) is 1. The Kier molecular flexibility index (Phi) is 6.01. The number of rotatable bonds is 6. The van der Waals surface area contributed by atoms with Crippen LogP contribution < -0.4 is 21.8 Å². The Bertz CT molecular complexity index is 1550. The average molecular weight is 462 g/mol. The summed E-state index contributed by atoms with van der Waals surface area (Å²) in [6.45, 7) is 0.380. The molecule has 0 aliphatic heterocycles. The van der Waals surface area contributed by atoms with Crippen LogP contribution in [-0.4, -0.2) is 6.21 Å². The van der Waals surface area contributed by atoms with Gasteiger partial charge in [0.05, 0.1) is 11.3 Å². The monoisotopic (exact) mass is 461 g/mol. The van der Waals surface area contributed by atoms with Crippen molar-refractivity contribution in [1.82, 2.24) is 0 Å². The largest absolute Gasteiger partial charge is 0.489 e. The van der Waals surface area contributed by atoms with Gasteiger partial charge in [0, 0.05) is 23.0 Å². The summed E-state index contributed by atoms with van der Waals surface area (Å²) in [5, 5.41) is 0.883. The van der Waals surface area contributed by atoms with E-state index >= 15 is 0 Å². The molecule has 0 bridgehead atoms. The quantitative estimate of drug-likeness (QED) is 0.185. The summed E-state index contributed by atoms with van der Waals surface area (Å²) in [4.78, 5) is 16.9. The highest BCUT2D eigenvalue weighted by Gasteiger charge is 2.07. The molecule has 35 heavy (non-hydrogen) atoms. The van der Waals surface area contributed by atoms with Crippen LogP contribution in [0.5, 0.6) is 5.75 Å². The second-order valence-corrected chi connectivity index (χ2v) is 8.16. The summed E-state index contributed by atoms with van der Waals surface area (Å²) in [7, 11) is 0. The predicted octanol–water partition coefficient (Wildman–Crippen LogP) is 5.95. The molecule has 1 aromatic heterocycles. The van der Waals surface area contributed by atoms with Crippen molar-refractivity contribution in [2.75, 3.05) is 11.5 Å². The minimum Gasteiger partial charge on any atom is -0.489 e. The lowest BCUT2D eigenvalue weighted by Crippen LogP contribution is -2.02. The van der Waals surface area contributed by atoms with E-state index in [9.17, 15) is 4.79 Å². The van der Waals surface area contributed by atoms with Crippen molar-refractivity contribution in [2.45, 2.75) is 6.61 Å². The fourth-order valence-corrected chi connectivity index (χ4v) is 3.79. The first-order valence-electron chi connectivity index (χ1n) is 11.1. The third-order valence-electron chi connectivity index (χ3n) is 5.51. The summed E-state index contributed by atoms with van der Waals surface area (Å²) in [5.74, 6) is 0.738. The molecule has 0 fully saturated rings. The minimum absolute atomic E-state index is 0.360. The average Bonchev–Trinajstić information content (AvgIpc) is 2.86. The molecule has 0 saturated heterocycles. The molecule has 0 amide bonds. The second-order valence-electron chi connectivity index (χ2n) is 8.16. The maximum Gasteiger partial charge on any atom is 0.344 e. The van der Waals surface area contributed by atoms with Crippen LogP contribution >= 0.6 is 0 Å². The van der Waals surface area contributed by atoms with Crippen LogP contribution in [0.2, 0.25) is 0 Å². The molecule has 0 aliphatic carbocycles. The molecule has 0 spiro atoms. The van der Waals surface area contributed by atoms with Crippen molar-refractivity contribution < 1.29 is 9.15 Å². The van der Waals surface area contributed by atoms with Crippen molar-refractivity contribution in [3.8, 4) is 16.9 Å². The van der Waals surface area contributed by atoms with E-state index in [0.717, 1.165) is 33.5 Å². The number of hydrogen-bond acceptors (Lipinski definition) is 6. The number of para-hydroxylation sites is 1. The highest BCUT2D eigenvalue weighted by atomic mass is 16.5. The Balaban J connectivity index is 1.24. The van der Waals surface area contributed by atoms with Gasteiger partial charge in [-0.1, -0.05) is 30.3 Å². The van der Waals surface area contributed by atoms with E-state index in [-0.39, 0.29) is 5.63 Å². The van der Waals surface area contributed by atoms with Gasteiger partial charge >= 0.3 is 5.63 Å². The van der Waals surface area contributed by atoms with E-state index < -0.39 is 0 Å². The first kappa shape index (κ1) is 22.0. The second kappa shape index (κ2) is 9.57. The van der Waals surface area contributed by atoms with E-state index in [1.54, 1.807) is 18.3 Å². The van der Waals surface area contributed by atoms with E-state index in [2.05, 4.69) is 4.99 Å². The van der Waals surface area contributed by atoms with Gasteiger partial charge < -0.3 is 20.6 Å². The molecule has 172 valence electrons. The molecule has 0 radical (unpaired) electrons. The molecule has 1 heterocycles. The van der Waals surface area contributed by atoms with Crippen LogP contribution in [0.1, 0.15) is 11.1 Å². The molecule has 6 heteroatoms. The number of aliphatic imine (C=N–C) groups is 1. The normalized spacial score (nSPS) is 11.2. The molecule has 5 rings (SSSR count). The fourth-order valence-electron chi connectivity index (χ4n) is 3.79. The van der Waals surface area contributed by atoms with Crippen molar-refractivity contribution in [3.05, 3.63) is 119 Å². The number of ether oxygens (including phenoxy) is 1. The predicted molar refractivity (Wildman–Crippen MR) is 141 cm³/mol. The SMILES string of the molecule is Nc1cc(N)cc(COc2ccc(C=Nc3ccc(-c4cc5ccccc5oc4=O)cc3)cc2)c1. The molecule has 4 N–H and O–H groups in total. The van der Waals surface area contributed by atoms with Crippen LogP contribution in [0.3, 0.4) is 0 Å². The Morgan fingerprint density at radius 1 is 0.829 bits per heavy atom. The Morgan fingerprint density at radius 3 is 2.29 bits per heavy atom. The lowest BCUT2D eigenvalue weighted by atomic mass is 10.1. The van der Waals surface area contributed by atoms with Crippen LogP contribution in [0.4, 0.5) is 17.1 Å². The number of benzene rings is 4. The van der Waals surface area contributed by atoms with Crippen molar-refractivity contribution in [3.63, 3.8) is 0 Å². The third kappa shape index (κ3) is 5.23. The van der Waals surface area contributed by atoms with Crippen LogP contribution in [0, 0.1) is 0 Å². The number of nitrogens with two attached hydrogens (primary N) is 2. The molecular weight excluding hydrogens is 438 g/mol. The van der Waals surface area contributed by atoms with Crippen molar-refractivity contribution >= 4 is 34.2 Å². The summed E-state index contributed by atoms with van der Waals surface area (Å²) < 4.78 is 11.3. The van der Waals surface area contributed by atoms with E-state index in [4.69, 9.17) is 20.6 Å². The van der Waals surface area contributed by atoms with Gasteiger partial charge in [0.2, 0.25) is 0 Å². The van der Waals surface area contributed by atoms with E-state index in [0.29, 0.717) is 29.1 Å². The number of fused-ring (bicyclic) bond motifs is 1. The zero-order chi connectivity index (χ0) is 24.2. The first-order chi connectivity index (χ1) is 17.0. The zero-order valence-electron chi connectivity index (χ0n) is 18.8. The lowest BCUT2D eigenvalue weighted by Gasteiger charge is -2.08.